The number of rotatable bonds is 3. The molecule has 106 valence electrons. The van der Waals surface area contributed by atoms with Crippen molar-refractivity contribution in [1.29, 1.82) is 0 Å². The standard InChI is InChI=1S/C12H7BrF3NO2S/c13-7-4-5-11(9(15)6-7)20(18,19)17-10-3-1-2-8(14)12(10)16/h1-6,17H. The molecular weight excluding hydrogens is 359 g/mol. The van der Waals surface area contributed by atoms with Gasteiger partial charge < -0.3 is 0 Å². The van der Waals surface area contributed by atoms with Gasteiger partial charge in [-0.1, -0.05) is 22.0 Å². The summed E-state index contributed by atoms with van der Waals surface area (Å²) in [5.41, 5.74) is -0.590. The summed E-state index contributed by atoms with van der Waals surface area (Å²) < 4.78 is 66.1. The third-order valence-corrected chi connectivity index (χ3v) is 4.27. The quantitative estimate of drug-likeness (QED) is 0.901. The molecule has 0 spiro atoms. The lowest BCUT2D eigenvalue weighted by Gasteiger charge is -2.10. The number of halogens is 4. The lowest BCUT2D eigenvalue weighted by atomic mass is 10.3. The van der Waals surface area contributed by atoms with Crippen molar-refractivity contribution >= 4 is 31.6 Å². The van der Waals surface area contributed by atoms with Crippen LogP contribution in [-0.2, 0) is 10.0 Å². The van der Waals surface area contributed by atoms with Crippen LogP contribution in [0.25, 0.3) is 0 Å². The van der Waals surface area contributed by atoms with Crippen molar-refractivity contribution in [3.8, 4) is 0 Å². The Morgan fingerprint density at radius 1 is 1.00 bits per heavy atom. The van der Waals surface area contributed by atoms with Gasteiger partial charge in [0.1, 0.15) is 10.7 Å². The molecular formula is C12H7BrF3NO2S. The van der Waals surface area contributed by atoms with E-state index in [9.17, 15) is 21.6 Å². The second kappa shape index (κ2) is 5.45. The van der Waals surface area contributed by atoms with Gasteiger partial charge in [0.2, 0.25) is 0 Å². The molecule has 0 aliphatic carbocycles. The third-order valence-electron chi connectivity index (χ3n) is 2.38. The maximum atomic E-state index is 13.6. The fourth-order valence-corrected chi connectivity index (χ4v) is 2.93. The number of anilines is 1. The van der Waals surface area contributed by atoms with Crippen LogP contribution in [0.15, 0.2) is 45.8 Å². The van der Waals surface area contributed by atoms with Gasteiger partial charge in [0.15, 0.2) is 11.6 Å². The van der Waals surface area contributed by atoms with E-state index in [0.29, 0.717) is 4.47 Å². The monoisotopic (exact) mass is 365 g/mol. The summed E-state index contributed by atoms with van der Waals surface area (Å²) in [6.07, 6.45) is 0. The predicted molar refractivity (Wildman–Crippen MR) is 71.3 cm³/mol. The summed E-state index contributed by atoms with van der Waals surface area (Å²) in [6.45, 7) is 0. The molecule has 0 amide bonds. The summed E-state index contributed by atoms with van der Waals surface area (Å²) in [5.74, 6) is -3.57. The Morgan fingerprint density at radius 3 is 2.35 bits per heavy atom. The lowest BCUT2D eigenvalue weighted by Crippen LogP contribution is -2.15. The van der Waals surface area contributed by atoms with Gasteiger partial charge in [0.25, 0.3) is 10.0 Å². The van der Waals surface area contributed by atoms with E-state index < -0.39 is 38.1 Å². The van der Waals surface area contributed by atoms with Crippen molar-refractivity contribution in [2.75, 3.05) is 4.72 Å². The van der Waals surface area contributed by atoms with Crippen molar-refractivity contribution in [1.82, 2.24) is 0 Å². The van der Waals surface area contributed by atoms with E-state index in [1.165, 1.54) is 6.07 Å². The topological polar surface area (TPSA) is 46.2 Å². The molecule has 1 N–H and O–H groups in total. The van der Waals surface area contributed by atoms with Gasteiger partial charge in [0.05, 0.1) is 5.69 Å². The van der Waals surface area contributed by atoms with E-state index >= 15 is 0 Å². The van der Waals surface area contributed by atoms with Crippen LogP contribution < -0.4 is 4.72 Å². The molecule has 0 aliphatic heterocycles. The molecule has 3 nitrogen and oxygen atoms in total. The number of hydrogen-bond acceptors (Lipinski definition) is 2. The van der Waals surface area contributed by atoms with Gasteiger partial charge in [-0.2, -0.15) is 0 Å². The molecule has 0 unspecified atom stereocenters. The van der Waals surface area contributed by atoms with E-state index in [0.717, 1.165) is 30.3 Å². The van der Waals surface area contributed by atoms with E-state index in [2.05, 4.69) is 15.9 Å². The van der Waals surface area contributed by atoms with Crippen LogP contribution >= 0.6 is 15.9 Å². The maximum Gasteiger partial charge on any atom is 0.264 e. The van der Waals surface area contributed by atoms with Gasteiger partial charge in [-0.15, -0.1) is 0 Å². The summed E-state index contributed by atoms with van der Waals surface area (Å²) in [5, 5.41) is 0. The van der Waals surface area contributed by atoms with Crippen LogP contribution in [0.3, 0.4) is 0 Å². The Kier molecular flexibility index (Phi) is 4.05. The van der Waals surface area contributed by atoms with Gasteiger partial charge in [0, 0.05) is 4.47 Å². The molecule has 0 saturated heterocycles. The zero-order valence-corrected chi connectivity index (χ0v) is 12.1. The molecule has 20 heavy (non-hydrogen) atoms. The maximum absolute atomic E-state index is 13.6. The highest BCUT2D eigenvalue weighted by Gasteiger charge is 2.21. The number of sulfonamides is 1. The number of nitrogens with one attached hydrogen (secondary N) is 1. The van der Waals surface area contributed by atoms with Crippen LogP contribution in [0.4, 0.5) is 18.9 Å². The van der Waals surface area contributed by atoms with Crippen molar-refractivity contribution in [2.45, 2.75) is 4.90 Å². The summed E-state index contributed by atoms with van der Waals surface area (Å²) in [6, 6.07) is 6.29. The van der Waals surface area contributed by atoms with Crippen LogP contribution in [0.2, 0.25) is 0 Å². The fourth-order valence-electron chi connectivity index (χ4n) is 1.48. The first-order valence-corrected chi connectivity index (χ1v) is 7.51. The van der Waals surface area contributed by atoms with E-state index in [-0.39, 0.29) is 0 Å². The Balaban J connectivity index is 2.44. The molecule has 0 bridgehead atoms. The van der Waals surface area contributed by atoms with Crippen LogP contribution in [0, 0.1) is 17.5 Å². The summed E-state index contributed by atoms with van der Waals surface area (Å²) >= 11 is 2.99. The first-order valence-electron chi connectivity index (χ1n) is 5.23. The second-order valence-corrected chi connectivity index (χ2v) is 6.35. The normalized spacial score (nSPS) is 11.4. The highest BCUT2D eigenvalue weighted by Crippen LogP contribution is 2.24. The molecule has 0 atom stereocenters. The predicted octanol–water partition coefficient (Wildman–Crippen LogP) is 3.67. The number of hydrogen-bond donors (Lipinski definition) is 1. The second-order valence-electron chi connectivity index (χ2n) is 3.78. The molecule has 0 aromatic heterocycles. The molecule has 2 aromatic rings. The zero-order chi connectivity index (χ0) is 14.9. The van der Waals surface area contributed by atoms with E-state index in [4.69, 9.17) is 0 Å². The largest absolute Gasteiger partial charge is 0.276 e. The molecule has 8 heteroatoms. The van der Waals surface area contributed by atoms with E-state index in [1.807, 2.05) is 0 Å². The minimum atomic E-state index is -4.35. The van der Waals surface area contributed by atoms with Crippen LogP contribution in [-0.4, -0.2) is 8.42 Å². The lowest BCUT2D eigenvalue weighted by molar-refractivity contribution is 0.511. The minimum Gasteiger partial charge on any atom is -0.276 e. The molecule has 0 heterocycles. The van der Waals surface area contributed by atoms with Crippen molar-refractivity contribution in [2.24, 2.45) is 0 Å². The van der Waals surface area contributed by atoms with Crippen LogP contribution in [0.1, 0.15) is 0 Å². The Labute approximate surface area is 121 Å². The van der Waals surface area contributed by atoms with Crippen molar-refractivity contribution in [3.63, 3.8) is 0 Å². The molecule has 2 aromatic carbocycles. The molecule has 0 saturated carbocycles. The van der Waals surface area contributed by atoms with E-state index in [1.54, 1.807) is 4.72 Å². The van der Waals surface area contributed by atoms with Crippen molar-refractivity contribution in [3.05, 3.63) is 58.3 Å². The third kappa shape index (κ3) is 2.96. The summed E-state index contributed by atoms with van der Waals surface area (Å²) in [7, 11) is -4.35. The van der Waals surface area contributed by atoms with Gasteiger partial charge in [-0.05, 0) is 30.3 Å². The summed E-state index contributed by atoms with van der Waals surface area (Å²) in [4.78, 5) is -0.663. The van der Waals surface area contributed by atoms with Gasteiger partial charge in [-0.3, -0.25) is 4.72 Å². The van der Waals surface area contributed by atoms with Gasteiger partial charge >= 0.3 is 0 Å². The average Bonchev–Trinajstić information content (AvgIpc) is 2.34. The van der Waals surface area contributed by atoms with Crippen LogP contribution in [0.5, 0.6) is 0 Å². The average molecular weight is 366 g/mol. The minimum absolute atomic E-state index is 0.353. The van der Waals surface area contributed by atoms with Gasteiger partial charge in [-0.25, -0.2) is 21.6 Å². The molecule has 0 fully saturated rings. The fraction of sp³-hybridized carbons (Fsp3) is 0. The first kappa shape index (κ1) is 14.9. The first-order chi connectivity index (χ1) is 9.31. The Bertz CT molecular complexity index is 765. The molecule has 0 radical (unpaired) electrons. The highest BCUT2D eigenvalue weighted by molar-refractivity contribution is 9.10. The Hall–Kier alpha value is -1.54. The van der Waals surface area contributed by atoms with Crippen molar-refractivity contribution < 1.29 is 21.6 Å². The SMILES string of the molecule is O=S(=O)(Nc1cccc(F)c1F)c1ccc(Br)cc1F. The smallest absolute Gasteiger partial charge is 0.264 e. The molecule has 2 rings (SSSR count). The highest BCUT2D eigenvalue weighted by atomic mass is 79.9. The zero-order valence-electron chi connectivity index (χ0n) is 9.70. The molecule has 0 aliphatic rings. The Morgan fingerprint density at radius 2 is 1.70 bits per heavy atom. The number of benzene rings is 2.